The van der Waals surface area contributed by atoms with Gasteiger partial charge in [0.1, 0.15) is 5.75 Å². The number of methoxy groups -OCH3 is 1. The number of hydrogen-bond acceptors (Lipinski definition) is 3. The van der Waals surface area contributed by atoms with Crippen molar-refractivity contribution in [2.45, 2.75) is 37.5 Å². The Morgan fingerprint density at radius 3 is 2.64 bits per heavy atom. The van der Waals surface area contributed by atoms with Crippen molar-refractivity contribution < 1.29 is 14.3 Å². The van der Waals surface area contributed by atoms with Crippen LogP contribution >= 0.6 is 0 Å². The second-order valence-electron chi connectivity index (χ2n) is 7.86. The highest BCUT2D eigenvalue weighted by molar-refractivity contribution is 5.82. The van der Waals surface area contributed by atoms with Gasteiger partial charge >= 0.3 is 0 Å². The third kappa shape index (κ3) is 2.59. The van der Waals surface area contributed by atoms with Crippen molar-refractivity contribution >= 4 is 11.5 Å². The molecule has 0 unspecified atom stereocenters. The van der Waals surface area contributed by atoms with Crippen molar-refractivity contribution in [1.82, 2.24) is 4.90 Å². The normalized spacial score (nSPS) is 29.1. The Balaban J connectivity index is 1.53. The van der Waals surface area contributed by atoms with E-state index >= 15 is 0 Å². The Kier molecular flexibility index (Phi) is 4.24. The van der Waals surface area contributed by atoms with E-state index in [9.17, 15) is 4.79 Å². The molecule has 4 heteroatoms. The number of carbonyl (C=O) groups excluding carboxylic acids is 1. The summed E-state index contributed by atoms with van der Waals surface area (Å²) in [7, 11) is 1.69. The van der Waals surface area contributed by atoms with E-state index in [-0.39, 0.29) is 17.9 Å². The number of benzene rings is 2. The Labute approximate surface area is 165 Å². The first-order valence-corrected chi connectivity index (χ1v) is 10.1. The maximum atomic E-state index is 13.0. The summed E-state index contributed by atoms with van der Waals surface area (Å²) in [6.45, 7) is 0.572. The molecule has 0 radical (unpaired) electrons. The van der Waals surface area contributed by atoms with Crippen LogP contribution in [0.3, 0.4) is 0 Å². The van der Waals surface area contributed by atoms with E-state index in [0.717, 1.165) is 30.6 Å². The highest BCUT2D eigenvalue weighted by Crippen LogP contribution is 2.54. The fraction of sp³-hybridized carbons (Fsp3) is 0.375. The zero-order valence-electron chi connectivity index (χ0n) is 16.1. The van der Waals surface area contributed by atoms with Gasteiger partial charge in [-0.2, -0.15) is 0 Å². The molecule has 2 aromatic carbocycles. The van der Waals surface area contributed by atoms with Crippen LogP contribution in [-0.4, -0.2) is 30.2 Å². The summed E-state index contributed by atoms with van der Waals surface area (Å²) in [6, 6.07) is 18.6. The molecule has 2 saturated heterocycles. The molecular formula is C24H25NO3. The molecule has 28 heavy (non-hydrogen) atoms. The zero-order chi connectivity index (χ0) is 19.1. The van der Waals surface area contributed by atoms with Crippen LogP contribution in [0.25, 0.3) is 5.57 Å². The number of piperidine rings is 1. The predicted octanol–water partition coefficient (Wildman–Crippen LogP) is 4.58. The third-order valence-corrected chi connectivity index (χ3v) is 6.52. The molecule has 4 nitrogen and oxygen atoms in total. The van der Waals surface area contributed by atoms with Crippen LogP contribution < -0.4 is 4.74 Å². The van der Waals surface area contributed by atoms with E-state index < -0.39 is 5.72 Å². The summed E-state index contributed by atoms with van der Waals surface area (Å²) in [4.78, 5) is 15.1. The molecule has 0 bridgehead atoms. The minimum Gasteiger partial charge on any atom is -0.497 e. The minimum absolute atomic E-state index is 0.00622. The molecule has 1 aliphatic carbocycles. The molecule has 2 fully saturated rings. The Hall–Kier alpha value is -2.59. The van der Waals surface area contributed by atoms with Crippen LogP contribution in [0, 0.1) is 5.92 Å². The lowest BCUT2D eigenvalue weighted by Crippen LogP contribution is -2.58. The first-order chi connectivity index (χ1) is 13.7. The number of ether oxygens (including phenoxy) is 2. The van der Waals surface area contributed by atoms with Crippen molar-refractivity contribution in [2.24, 2.45) is 5.92 Å². The molecule has 0 N–H and O–H groups in total. The van der Waals surface area contributed by atoms with Crippen LogP contribution in [-0.2, 0) is 9.53 Å². The molecule has 1 spiro atoms. The lowest BCUT2D eigenvalue weighted by Gasteiger charge is -2.50. The number of hydrogen-bond donors (Lipinski definition) is 0. The quantitative estimate of drug-likeness (QED) is 0.788. The van der Waals surface area contributed by atoms with Gasteiger partial charge in [-0.25, -0.2) is 0 Å². The topological polar surface area (TPSA) is 38.8 Å². The molecule has 0 aromatic heterocycles. The van der Waals surface area contributed by atoms with Crippen LogP contribution in [0.15, 0.2) is 60.7 Å². The minimum atomic E-state index is -0.514. The zero-order valence-corrected chi connectivity index (χ0v) is 16.1. The highest BCUT2D eigenvalue weighted by Gasteiger charge is 2.58. The number of rotatable bonds is 3. The molecule has 3 aliphatic rings. The SMILES string of the molecule is COc1ccc(C2=CCC[C@]34OC[C@@H](c5ccccc5)N3C(=O)CC[C@H]24)cc1. The molecule has 2 heterocycles. The van der Waals surface area contributed by atoms with Gasteiger partial charge in [-0.3, -0.25) is 4.79 Å². The summed E-state index contributed by atoms with van der Waals surface area (Å²) >= 11 is 0. The Morgan fingerprint density at radius 1 is 1.11 bits per heavy atom. The van der Waals surface area contributed by atoms with Gasteiger partial charge in [0.15, 0.2) is 5.72 Å². The lowest BCUT2D eigenvalue weighted by molar-refractivity contribution is -0.171. The summed E-state index contributed by atoms with van der Waals surface area (Å²) < 4.78 is 11.8. The molecule has 5 rings (SSSR count). The van der Waals surface area contributed by atoms with E-state index in [1.807, 2.05) is 30.3 Å². The van der Waals surface area contributed by atoms with E-state index in [0.29, 0.717) is 13.0 Å². The van der Waals surface area contributed by atoms with Gasteiger partial charge in [0.05, 0.1) is 19.8 Å². The first kappa shape index (κ1) is 17.5. The van der Waals surface area contributed by atoms with Gasteiger partial charge in [-0.1, -0.05) is 48.5 Å². The van der Waals surface area contributed by atoms with E-state index in [4.69, 9.17) is 9.47 Å². The summed E-state index contributed by atoms with van der Waals surface area (Å²) in [5, 5.41) is 0. The molecular weight excluding hydrogens is 350 g/mol. The second kappa shape index (κ2) is 6.78. The maximum absolute atomic E-state index is 13.0. The van der Waals surface area contributed by atoms with Crippen LogP contribution in [0.5, 0.6) is 5.75 Å². The smallest absolute Gasteiger partial charge is 0.225 e. The fourth-order valence-corrected chi connectivity index (χ4v) is 5.26. The van der Waals surface area contributed by atoms with Gasteiger partial charge in [-0.05, 0) is 48.1 Å². The molecule has 0 saturated carbocycles. The monoisotopic (exact) mass is 375 g/mol. The van der Waals surface area contributed by atoms with E-state index in [1.165, 1.54) is 11.1 Å². The molecule has 2 aromatic rings. The largest absolute Gasteiger partial charge is 0.497 e. The Bertz CT molecular complexity index is 905. The molecule has 144 valence electrons. The Morgan fingerprint density at radius 2 is 1.89 bits per heavy atom. The van der Waals surface area contributed by atoms with Gasteiger partial charge < -0.3 is 14.4 Å². The van der Waals surface area contributed by atoms with Crippen LogP contribution in [0.2, 0.25) is 0 Å². The lowest BCUT2D eigenvalue weighted by atomic mass is 9.72. The average Bonchev–Trinajstić information content (AvgIpc) is 3.14. The van der Waals surface area contributed by atoms with Crippen molar-refractivity contribution in [1.29, 1.82) is 0 Å². The third-order valence-electron chi connectivity index (χ3n) is 6.52. The van der Waals surface area contributed by atoms with Crippen molar-refractivity contribution in [3.8, 4) is 5.75 Å². The predicted molar refractivity (Wildman–Crippen MR) is 108 cm³/mol. The first-order valence-electron chi connectivity index (χ1n) is 10.1. The van der Waals surface area contributed by atoms with E-state index in [2.05, 4.69) is 35.2 Å². The molecule has 2 aliphatic heterocycles. The maximum Gasteiger partial charge on any atom is 0.225 e. The number of nitrogens with zero attached hydrogens (tertiary/aromatic N) is 1. The second-order valence-corrected chi connectivity index (χ2v) is 7.86. The fourth-order valence-electron chi connectivity index (χ4n) is 5.26. The number of carbonyl (C=O) groups is 1. The highest BCUT2D eigenvalue weighted by atomic mass is 16.5. The summed E-state index contributed by atoms with van der Waals surface area (Å²) in [6.07, 6.45) is 5.54. The van der Waals surface area contributed by atoms with Crippen molar-refractivity contribution in [3.05, 3.63) is 71.8 Å². The van der Waals surface area contributed by atoms with Gasteiger partial charge in [0.2, 0.25) is 5.91 Å². The van der Waals surface area contributed by atoms with Gasteiger partial charge in [-0.15, -0.1) is 0 Å². The molecule has 1 amide bonds. The summed E-state index contributed by atoms with van der Waals surface area (Å²) in [5.41, 5.74) is 3.15. The van der Waals surface area contributed by atoms with Crippen molar-refractivity contribution in [3.63, 3.8) is 0 Å². The number of allylic oxidation sites excluding steroid dienone is 1. The summed E-state index contributed by atoms with van der Waals surface area (Å²) in [5.74, 6) is 1.29. The molecule has 3 atom stereocenters. The average molecular weight is 375 g/mol. The van der Waals surface area contributed by atoms with Crippen LogP contribution in [0.4, 0.5) is 0 Å². The number of amides is 1. The standard InChI is InChI=1S/C24H25NO3/c1-27-19-11-9-17(10-12-19)20-8-5-15-24-21(20)13-14-23(26)25(24)22(16-28-24)18-6-3-2-4-7-18/h2-4,6-12,21-22H,5,13-16H2,1H3/t21-,22+,24-/m1/s1. The van der Waals surface area contributed by atoms with Crippen molar-refractivity contribution in [2.75, 3.05) is 13.7 Å². The van der Waals surface area contributed by atoms with Gasteiger partial charge in [0.25, 0.3) is 0 Å². The van der Waals surface area contributed by atoms with E-state index in [1.54, 1.807) is 7.11 Å². The van der Waals surface area contributed by atoms with Crippen LogP contribution in [0.1, 0.15) is 42.9 Å². The van der Waals surface area contributed by atoms with Gasteiger partial charge in [0, 0.05) is 12.3 Å².